The third kappa shape index (κ3) is 36.0. The van der Waals surface area contributed by atoms with Crippen LogP contribution < -0.4 is 26.6 Å². The van der Waals surface area contributed by atoms with Crippen molar-refractivity contribution in [2.75, 3.05) is 45.9 Å². The maximum Gasteiger partial charge on any atom is 0.253 e. The number of nitrogens with one attached hydrogen (secondary N) is 5. The number of imide groups is 1. The molecule has 0 saturated heterocycles. The van der Waals surface area contributed by atoms with Gasteiger partial charge in [0, 0.05) is 83.8 Å². The summed E-state index contributed by atoms with van der Waals surface area (Å²) in [5.41, 5.74) is 0. The van der Waals surface area contributed by atoms with Gasteiger partial charge in [0.2, 0.25) is 29.5 Å². The normalized spacial score (nSPS) is 12.7. The third-order valence-corrected chi connectivity index (χ3v) is 11.9. The largest absolute Gasteiger partial charge is 0.381 e. The summed E-state index contributed by atoms with van der Waals surface area (Å²) in [6.07, 6.45) is 36.3. The summed E-state index contributed by atoms with van der Waals surface area (Å²) in [4.78, 5) is 87.4. The Balaban J connectivity index is 2.30. The van der Waals surface area contributed by atoms with E-state index in [1.807, 2.05) is 0 Å². The van der Waals surface area contributed by atoms with Crippen molar-refractivity contribution in [3.63, 3.8) is 0 Å². The Morgan fingerprint density at radius 3 is 1.34 bits per heavy atom. The Morgan fingerprint density at radius 1 is 0.446 bits per heavy atom. The molecule has 1 rings (SSSR count). The van der Waals surface area contributed by atoms with E-state index in [2.05, 4.69) is 40.4 Å². The first-order valence-electron chi connectivity index (χ1n) is 26.2. The lowest BCUT2D eigenvalue weighted by molar-refractivity contribution is -0.137. The van der Waals surface area contributed by atoms with Gasteiger partial charge in [0.1, 0.15) is 6.04 Å². The number of hydrogen-bond acceptors (Lipinski definition) is 8. The van der Waals surface area contributed by atoms with E-state index in [0.29, 0.717) is 45.4 Å². The minimum absolute atomic E-state index is 0.00711. The number of nitrogens with zero attached hydrogens (tertiary/aromatic N) is 1. The first-order valence-corrected chi connectivity index (χ1v) is 26.2. The maximum absolute atomic E-state index is 13.2. The molecule has 0 aliphatic carbocycles. The van der Waals surface area contributed by atoms with Gasteiger partial charge in [-0.2, -0.15) is 0 Å². The fraction of sp³-hybridized carbons (Fsp3) is 0.824. The fourth-order valence-electron chi connectivity index (χ4n) is 7.78. The van der Waals surface area contributed by atoms with Gasteiger partial charge >= 0.3 is 0 Å². The standard InChI is InChI=1S/C51H92N6O8/c1-3-5-7-9-11-13-15-17-19-21-23-25-27-31-46(59)55-43-44(56-48(61)32-28-26-24-22-20-18-16-14-12-10-8-6-4-2)51(64)54-39-38-53-45(58)33-29-41-65-42-30-37-52-47(60)36-40-57-49(62)34-35-50(57)63/h34-35,44H,3-33,36-43H2,1-2H3,(H,52,60)(H,53,58)(H,54,64)(H,55,59)(H,56,61)/t44-/m0/s1. The molecule has 65 heavy (non-hydrogen) atoms. The van der Waals surface area contributed by atoms with Crippen molar-refractivity contribution < 1.29 is 38.3 Å². The molecule has 0 aromatic carbocycles. The quantitative estimate of drug-likeness (QED) is 0.0297. The van der Waals surface area contributed by atoms with Gasteiger partial charge in [0.15, 0.2) is 0 Å². The number of hydrogen-bond donors (Lipinski definition) is 5. The lowest BCUT2D eigenvalue weighted by Crippen LogP contribution is -2.53. The van der Waals surface area contributed by atoms with Crippen molar-refractivity contribution in [1.82, 2.24) is 31.5 Å². The van der Waals surface area contributed by atoms with Crippen LogP contribution in [0.1, 0.15) is 219 Å². The molecule has 14 heteroatoms. The minimum atomic E-state index is -0.912. The molecule has 1 aliphatic rings. The third-order valence-electron chi connectivity index (χ3n) is 11.9. The Hall–Kier alpha value is -3.81. The van der Waals surface area contributed by atoms with Crippen LogP contribution >= 0.6 is 0 Å². The molecule has 0 aromatic heterocycles. The van der Waals surface area contributed by atoms with Crippen LogP contribution in [0.5, 0.6) is 0 Å². The molecule has 0 saturated carbocycles. The van der Waals surface area contributed by atoms with E-state index in [9.17, 15) is 33.6 Å². The van der Waals surface area contributed by atoms with E-state index in [0.717, 1.165) is 43.4 Å². The van der Waals surface area contributed by atoms with Gasteiger partial charge in [-0.15, -0.1) is 0 Å². The second kappa shape index (κ2) is 42.8. The highest BCUT2D eigenvalue weighted by Gasteiger charge is 2.24. The predicted molar refractivity (Wildman–Crippen MR) is 260 cm³/mol. The molecular formula is C51H92N6O8. The van der Waals surface area contributed by atoms with Crippen molar-refractivity contribution >= 4 is 41.4 Å². The van der Waals surface area contributed by atoms with Gasteiger partial charge in [0.25, 0.3) is 11.8 Å². The Labute approximate surface area is 393 Å². The molecule has 5 N–H and O–H groups in total. The molecule has 374 valence electrons. The van der Waals surface area contributed by atoms with Gasteiger partial charge in [-0.3, -0.25) is 38.5 Å². The average molecular weight is 917 g/mol. The fourth-order valence-corrected chi connectivity index (χ4v) is 7.78. The van der Waals surface area contributed by atoms with E-state index < -0.39 is 23.8 Å². The van der Waals surface area contributed by atoms with E-state index in [-0.39, 0.29) is 62.6 Å². The molecule has 0 spiro atoms. The summed E-state index contributed by atoms with van der Waals surface area (Å²) in [5, 5.41) is 14.0. The molecule has 14 nitrogen and oxygen atoms in total. The lowest BCUT2D eigenvalue weighted by atomic mass is 10.0. The van der Waals surface area contributed by atoms with Gasteiger partial charge in [-0.05, 0) is 25.7 Å². The van der Waals surface area contributed by atoms with Crippen molar-refractivity contribution in [3.8, 4) is 0 Å². The summed E-state index contributed by atoms with van der Waals surface area (Å²) < 4.78 is 5.56. The molecule has 0 radical (unpaired) electrons. The number of carbonyl (C=O) groups is 7. The molecular weight excluding hydrogens is 825 g/mol. The second-order valence-corrected chi connectivity index (χ2v) is 17.9. The van der Waals surface area contributed by atoms with Crippen LogP contribution in [-0.2, 0) is 38.3 Å². The number of amides is 7. The molecule has 1 heterocycles. The molecule has 0 bridgehead atoms. The van der Waals surface area contributed by atoms with Crippen LogP contribution in [0.2, 0.25) is 0 Å². The smallest absolute Gasteiger partial charge is 0.253 e. The number of rotatable bonds is 46. The Morgan fingerprint density at radius 2 is 0.831 bits per heavy atom. The van der Waals surface area contributed by atoms with Crippen LogP contribution in [0.15, 0.2) is 12.2 Å². The number of ether oxygens (including phenoxy) is 1. The first-order chi connectivity index (χ1) is 31.7. The van der Waals surface area contributed by atoms with Crippen molar-refractivity contribution in [2.45, 2.75) is 225 Å². The van der Waals surface area contributed by atoms with Crippen molar-refractivity contribution in [2.24, 2.45) is 0 Å². The predicted octanol–water partition coefficient (Wildman–Crippen LogP) is 8.40. The summed E-state index contributed by atoms with van der Waals surface area (Å²) in [6.45, 7) is 6.09. The number of unbranched alkanes of at least 4 members (excludes halogenated alkanes) is 24. The van der Waals surface area contributed by atoms with Crippen LogP contribution in [-0.4, -0.2) is 98.2 Å². The van der Waals surface area contributed by atoms with E-state index in [1.165, 1.54) is 141 Å². The highest BCUT2D eigenvalue weighted by molar-refractivity contribution is 6.13. The van der Waals surface area contributed by atoms with E-state index in [1.54, 1.807) is 0 Å². The van der Waals surface area contributed by atoms with Gasteiger partial charge in [0.05, 0.1) is 0 Å². The minimum Gasteiger partial charge on any atom is -0.381 e. The highest BCUT2D eigenvalue weighted by Crippen LogP contribution is 2.15. The summed E-state index contributed by atoms with van der Waals surface area (Å²) in [5.74, 6) is -1.99. The van der Waals surface area contributed by atoms with Crippen molar-refractivity contribution in [1.29, 1.82) is 0 Å². The van der Waals surface area contributed by atoms with E-state index in [4.69, 9.17) is 4.74 Å². The van der Waals surface area contributed by atoms with Crippen LogP contribution in [0.25, 0.3) is 0 Å². The summed E-state index contributed by atoms with van der Waals surface area (Å²) >= 11 is 0. The topological polar surface area (TPSA) is 192 Å². The zero-order valence-corrected chi connectivity index (χ0v) is 41.0. The van der Waals surface area contributed by atoms with Gasteiger partial charge < -0.3 is 31.3 Å². The molecule has 1 atom stereocenters. The van der Waals surface area contributed by atoms with Crippen LogP contribution in [0.3, 0.4) is 0 Å². The van der Waals surface area contributed by atoms with E-state index >= 15 is 0 Å². The monoisotopic (exact) mass is 917 g/mol. The molecule has 0 unspecified atom stereocenters. The Bertz CT molecular complexity index is 1310. The van der Waals surface area contributed by atoms with Gasteiger partial charge in [-0.1, -0.05) is 168 Å². The Kier molecular flexibility index (Phi) is 39.0. The van der Waals surface area contributed by atoms with Crippen LogP contribution in [0.4, 0.5) is 0 Å². The molecule has 0 aromatic rings. The molecule has 0 fully saturated rings. The maximum atomic E-state index is 13.2. The van der Waals surface area contributed by atoms with Crippen molar-refractivity contribution in [3.05, 3.63) is 12.2 Å². The first kappa shape index (κ1) is 59.2. The second-order valence-electron chi connectivity index (χ2n) is 17.9. The highest BCUT2D eigenvalue weighted by atomic mass is 16.5. The SMILES string of the molecule is CCCCCCCCCCCCCCCC(=O)NC[C@H](NC(=O)CCCCCCCCCCCCCCC)C(=O)NCCNC(=O)CCCOCCCNC(=O)CCN1C(=O)C=CC1=O. The molecule has 7 amide bonds. The summed E-state index contributed by atoms with van der Waals surface area (Å²) in [6, 6.07) is -0.912. The zero-order valence-electron chi connectivity index (χ0n) is 41.0. The average Bonchev–Trinajstić information content (AvgIpc) is 3.62. The molecule has 1 aliphatic heterocycles. The van der Waals surface area contributed by atoms with Gasteiger partial charge in [-0.25, -0.2) is 0 Å². The van der Waals surface area contributed by atoms with Crippen LogP contribution in [0, 0.1) is 0 Å². The number of carbonyl (C=O) groups excluding carboxylic acids is 7. The zero-order chi connectivity index (χ0) is 47.4. The summed E-state index contributed by atoms with van der Waals surface area (Å²) in [7, 11) is 0. The lowest BCUT2D eigenvalue weighted by Gasteiger charge is -2.19.